The number of hydrogen-bond acceptors (Lipinski definition) is 3. The molecule has 0 fully saturated rings. The number of thioether (sulfide) groups is 1. The van der Waals surface area contributed by atoms with E-state index in [0.29, 0.717) is 21.4 Å². The van der Waals surface area contributed by atoms with Gasteiger partial charge in [-0.15, -0.1) is 11.8 Å². The lowest BCUT2D eigenvalue weighted by atomic mass is 10.1. The summed E-state index contributed by atoms with van der Waals surface area (Å²) in [5.74, 6) is -0.235. The van der Waals surface area contributed by atoms with E-state index in [9.17, 15) is 14.0 Å². The highest BCUT2D eigenvalue weighted by molar-refractivity contribution is 7.99. The van der Waals surface area contributed by atoms with Crippen molar-refractivity contribution in [2.75, 3.05) is 5.75 Å². The molecule has 0 spiro atoms. The predicted molar refractivity (Wildman–Crippen MR) is 127 cm³/mol. The molecule has 2 aromatic rings. The van der Waals surface area contributed by atoms with E-state index in [-0.39, 0.29) is 36.0 Å². The number of nitrogens with one attached hydrogen (secondary N) is 1. The van der Waals surface area contributed by atoms with Crippen molar-refractivity contribution in [1.82, 2.24) is 10.2 Å². The molecule has 0 aliphatic heterocycles. The van der Waals surface area contributed by atoms with Gasteiger partial charge >= 0.3 is 0 Å². The van der Waals surface area contributed by atoms with Crippen LogP contribution in [0.2, 0.25) is 10.0 Å². The van der Waals surface area contributed by atoms with E-state index >= 15 is 0 Å². The van der Waals surface area contributed by atoms with Crippen LogP contribution in [0.4, 0.5) is 4.39 Å². The largest absolute Gasteiger partial charge is 0.352 e. The Balaban J connectivity index is 2.12. The smallest absolute Gasteiger partial charge is 0.242 e. The van der Waals surface area contributed by atoms with Crippen LogP contribution < -0.4 is 5.32 Å². The first-order valence-electron chi connectivity index (χ1n) is 10.1. The number of benzene rings is 2. The first-order valence-corrected chi connectivity index (χ1v) is 12.0. The molecular formula is C23H27Cl2FN2O2S. The number of amides is 2. The fraction of sp³-hybridized carbons (Fsp3) is 0.391. The quantitative estimate of drug-likeness (QED) is 0.470. The first-order chi connectivity index (χ1) is 14.7. The first kappa shape index (κ1) is 25.5. The summed E-state index contributed by atoms with van der Waals surface area (Å²) in [4.78, 5) is 27.3. The van der Waals surface area contributed by atoms with Gasteiger partial charge in [-0.3, -0.25) is 9.59 Å². The average molecular weight is 485 g/mol. The van der Waals surface area contributed by atoms with E-state index < -0.39 is 6.04 Å². The van der Waals surface area contributed by atoms with Gasteiger partial charge in [0.1, 0.15) is 11.9 Å². The van der Waals surface area contributed by atoms with E-state index in [1.54, 1.807) is 43.3 Å². The van der Waals surface area contributed by atoms with Crippen LogP contribution in [0.25, 0.3) is 0 Å². The van der Waals surface area contributed by atoms with Crippen molar-refractivity contribution in [1.29, 1.82) is 0 Å². The van der Waals surface area contributed by atoms with Crippen LogP contribution in [0.3, 0.4) is 0 Å². The second kappa shape index (κ2) is 12.3. The summed E-state index contributed by atoms with van der Waals surface area (Å²) >= 11 is 13.4. The van der Waals surface area contributed by atoms with Gasteiger partial charge in [-0.1, -0.05) is 54.4 Å². The molecule has 0 unspecified atom stereocenters. The molecule has 4 nitrogen and oxygen atoms in total. The highest BCUT2D eigenvalue weighted by atomic mass is 35.5. The minimum Gasteiger partial charge on any atom is -0.352 e. The average Bonchev–Trinajstić information content (AvgIpc) is 2.75. The number of nitrogens with zero attached hydrogens (tertiary/aromatic N) is 1. The van der Waals surface area contributed by atoms with Gasteiger partial charge in [-0.25, -0.2) is 4.39 Å². The van der Waals surface area contributed by atoms with Gasteiger partial charge in [-0.2, -0.15) is 0 Å². The lowest BCUT2D eigenvalue weighted by molar-refractivity contribution is -0.138. The third-order valence-electron chi connectivity index (χ3n) is 4.95. The summed E-state index contributed by atoms with van der Waals surface area (Å²) in [7, 11) is 0. The fourth-order valence-electron chi connectivity index (χ4n) is 2.83. The normalized spacial score (nSPS) is 12.8. The minimum atomic E-state index is -0.676. The Bertz CT molecular complexity index is 913. The second-order valence-electron chi connectivity index (χ2n) is 7.35. The van der Waals surface area contributed by atoms with Gasteiger partial charge in [0.05, 0.1) is 15.8 Å². The second-order valence-corrected chi connectivity index (χ2v) is 9.15. The van der Waals surface area contributed by atoms with E-state index in [1.165, 1.54) is 22.7 Å². The van der Waals surface area contributed by atoms with Crippen molar-refractivity contribution >= 4 is 46.8 Å². The van der Waals surface area contributed by atoms with Crippen LogP contribution in [0.5, 0.6) is 0 Å². The standard InChI is InChI=1S/C23H27Cl2FN2O2S/c1-4-15(2)27-23(30)16(3)28(12-17-9-10-19(24)20(25)11-17)22(29)14-31-13-18-7-5-6-8-21(18)26/h5-11,15-16H,4,12-14H2,1-3H3,(H,27,30)/t15-,16-/m1/s1. The molecule has 0 heterocycles. The van der Waals surface area contributed by atoms with Crippen LogP contribution >= 0.6 is 35.0 Å². The molecule has 0 bridgehead atoms. The van der Waals surface area contributed by atoms with Crippen molar-refractivity contribution in [3.8, 4) is 0 Å². The van der Waals surface area contributed by atoms with Crippen molar-refractivity contribution < 1.29 is 14.0 Å². The summed E-state index contributed by atoms with van der Waals surface area (Å²) in [6.45, 7) is 5.81. The molecule has 31 heavy (non-hydrogen) atoms. The van der Waals surface area contributed by atoms with Gasteiger partial charge in [-0.05, 0) is 49.6 Å². The monoisotopic (exact) mass is 484 g/mol. The van der Waals surface area contributed by atoms with Crippen molar-refractivity contribution in [2.45, 2.75) is 51.6 Å². The molecule has 2 atom stereocenters. The molecular weight excluding hydrogens is 458 g/mol. The lowest BCUT2D eigenvalue weighted by Gasteiger charge is -2.29. The minimum absolute atomic E-state index is 0.00677. The Labute approximate surface area is 197 Å². The third kappa shape index (κ3) is 7.70. The number of carbonyl (C=O) groups excluding carboxylic acids is 2. The summed E-state index contributed by atoms with van der Waals surface area (Å²) in [5.41, 5.74) is 1.31. The number of carbonyl (C=O) groups is 2. The van der Waals surface area contributed by atoms with Crippen LogP contribution in [0.1, 0.15) is 38.3 Å². The topological polar surface area (TPSA) is 49.4 Å². The van der Waals surface area contributed by atoms with Crippen molar-refractivity contribution in [2.24, 2.45) is 0 Å². The van der Waals surface area contributed by atoms with E-state index in [4.69, 9.17) is 23.2 Å². The summed E-state index contributed by atoms with van der Waals surface area (Å²) in [5, 5.41) is 3.73. The SMILES string of the molecule is CC[C@@H](C)NC(=O)[C@@H](C)N(Cc1ccc(Cl)c(Cl)c1)C(=O)CSCc1ccccc1F. The van der Waals surface area contributed by atoms with Gasteiger partial charge in [0.25, 0.3) is 0 Å². The van der Waals surface area contributed by atoms with Gasteiger partial charge in [0.2, 0.25) is 11.8 Å². The molecule has 0 saturated carbocycles. The van der Waals surface area contributed by atoms with E-state index in [1.807, 2.05) is 13.8 Å². The number of rotatable bonds is 10. The molecule has 1 N–H and O–H groups in total. The Morgan fingerprint density at radius 2 is 1.84 bits per heavy atom. The molecule has 0 aliphatic carbocycles. The molecule has 0 aliphatic rings. The molecule has 2 rings (SSSR count). The zero-order chi connectivity index (χ0) is 23.0. The van der Waals surface area contributed by atoms with Crippen molar-refractivity contribution in [3.05, 3.63) is 69.5 Å². The summed E-state index contributed by atoms with van der Waals surface area (Å²) in [6.07, 6.45) is 0.789. The predicted octanol–water partition coefficient (Wildman–Crippen LogP) is 5.70. The Morgan fingerprint density at radius 3 is 2.48 bits per heavy atom. The van der Waals surface area contributed by atoms with Gasteiger partial charge < -0.3 is 10.2 Å². The number of halogens is 3. The lowest BCUT2D eigenvalue weighted by Crippen LogP contribution is -2.50. The van der Waals surface area contributed by atoms with E-state index in [0.717, 1.165) is 12.0 Å². The van der Waals surface area contributed by atoms with E-state index in [2.05, 4.69) is 5.32 Å². The molecule has 2 aromatic carbocycles. The molecule has 0 saturated heterocycles. The summed E-state index contributed by atoms with van der Waals surface area (Å²) < 4.78 is 13.8. The summed E-state index contributed by atoms with van der Waals surface area (Å²) in [6, 6.07) is 11.0. The van der Waals surface area contributed by atoms with Crippen LogP contribution in [0.15, 0.2) is 42.5 Å². The third-order valence-corrected chi connectivity index (χ3v) is 6.65. The fourth-order valence-corrected chi connectivity index (χ4v) is 4.05. The highest BCUT2D eigenvalue weighted by Crippen LogP contribution is 2.24. The van der Waals surface area contributed by atoms with Gasteiger partial charge in [0.15, 0.2) is 0 Å². The molecule has 8 heteroatoms. The zero-order valence-corrected chi connectivity index (χ0v) is 20.2. The van der Waals surface area contributed by atoms with Crippen molar-refractivity contribution in [3.63, 3.8) is 0 Å². The maximum atomic E-state index is 13.8. The molecule has 0 aromatic heterocycles. The maximum absolute atomic E-state index is 13.8. The highest BCUT2D eigenvalue weighted by Gasteiger charge is 2.27. The molecule has 0 radical (unpaired) electrons. The Hall–Kier alpha value is -1.76. The van der Waals surface area contributed by atoms with Crippen LogP contribution in [-0.4, -0.2) is 34.6 Å². The maximum Gasteiger partial charge on any atom is 0.242 e. The van der Waals surface area contributed by atoms with Crippen LogP contribution in [0, 0.1) is 5.82 Å². The van der Waals surface area contributed by atoms with Crippen LogP contribution in [-0.2, 0) is 21.9 Å². The van der Waals surface area contributed by atoms with Gasteiger partial charge in [0, 0.05) is 18.3 Å². The number of hydrogen-bond donors (Lipinski definition) is 1. The molecule has 2 amide bonds. The Kier molecular flexibility index (Phi) is 10.1. The zero-order valence-electron chi connectivity index (χ0n) is 17.8. The Morgan fingerprint density at radius 1 is 1.13 bits per heavy atom. The molecule has 168 valence electrons.